The number of aliphatic hydroxyl groups excluding tert-OH is 1. The van der Waals surface area contributed by atoms with Crippen molar-refractivity contribution in [3.63, 3.8) is 0 Å². The van der Waals surface area contributed by atoms with Crippen LogP contribution in [0.2, 0.25) is 0 Å². The first-order valence-electron chi connectivity index (χ1n) is 8.88. The molecule has 3 atom stereocenters. The number of hydrogen-bond donors (Lipinski definition) is 2. The number of benzene rings is 1. The summed E-state index contributed by atoms with van der Waals surface area (Å²) in [6, 6.07) is 9.11. The van der Waals surface area contributed by atoms with Gasteiger partial charge >= 0.3 is 0 Å². The van der Waals surface area contributed by atoms with Crippen LogP contribution in [0.5, 0.6) is 0 Å². The van der Waals surface area contributed by atoms with Gasteiger partial charge in [-0.05, 0) is 30.7 Å². The van der Waals surface area contributed by atoms with Crippen LogP contribution >= 0.6 is 0 Å². The highest BCUT2D eigenvalue weighted by Gasteiger charge is 2.29. The first-order valence-corrected chi connectivity index (χ1v) is 8.88. The zero-order chi connectivity index (χ0) is 18.1. The summed E-state index contributed by atoms with van der Waals surface area (Å²) in [5.74, 6) is -0.350. The van der Waals surface area contributed by atoms with E-state index in [0.29, 0.717) is 31.6 Å². The first-order chi connectivity index (χ1) is 11.3. The maximum Gasteiger partial charge on any atom is 0.161 e. The Morgan fingerprint density at radius 2 is 1.75 bits per heavy atom. The average Bonchev–Trinajstić information content (AvgIpc) is 2.54. The van der Waals surface area contributed by atoms with Crippen LogP contribution < -0.4 is 5.73 Å². The molecule has 0 amide bonds. The van der Waals surface area contributed by atoms with Gasteiger partial charge in [0.15, 0.2) is 5.78 Å². The molecule has 1 rings (SSSR count). The topological polar surface area (TPSA) is 80.4 Å². The SMILES string of the molecule is CCCC(=O)C(O)C(CC(=O)[C@@H](N)CC(C)C)Cc1ccccc1. The van der Waals surface area contributed by atoms with Crippen LogP contribution in [0.1, 0.15) is 52.0 Å². The second kappa shape index (κ2) is 10.4. The molecule has 0 aliphatic carbocycles. The molecule has 2 unspecified atom stereocenters. The minimum absolute atomic E-state index is 0.0759. The van der Waals surface area contributed by atoms with E-state index in [9.17, 15) is 14.7 Å². The van der Waals surface area contributed by atoms with E-state index < -0.39 is 18.1 Å². The minimum atomic E-state index is -1.11. The van der Waals surface area contributed by atoms with E-state index in [0.717, 1.165) is 5.56 Å². The summed E-state index contributed by atoms with van der Waals surface area (Å²) in [5, 5.41) is 10.4. The molecule has 4 nitrogen and oxygen atoms in total. The van der Waals surface area contributed by atoms with Gasteiger partial charge in [-0.2, -0.15) is 0 Å². The molecule has 0 bridgehead atoms. The third kappa shape index (κ3) is 6.93. The van der Waals surface area contributed by atoms with Crippen molar-refractivity contribution in [3.05, 3.63) is 35.9 Å². The molecule has 0 saturated heterocycles. The molecule has 0 aromatic heterocycles. The van der Waals surface area contributed by atoms with E-state index in [1.54, 1.807) is 0 Å². The summed E-state index contributed by atoms with van der Waals surface area (Å²) in [5.41, 5.74) is 6.99. The molecule has 134 valence electrons. The van der Waals surface area contributed by atoms with Gasteiger partial charge in [0.25, 0.3) is 0 Å². The van der Waals surface area contributed by atoms with Crippen molar-refractivity contribution < 1.29 is 14.7 Å². The average molecular weight is 333 g/mol. The number of Topliss-reactive ketones (excluding diaryl/α,β-unsaturated/α-hetero) is 2. The van der Waals surface area contributed by atoms with Crippen molar-refractivity contribution >= 4 is 11.6 Å². The van der Waals surface area contributed by atoms with Crippen LogP contribution in [-0.2, 0) is 16.0 Å². The lowest BCUT2D eigenvalue weighted by Crippen LogP contribution is -2.38. The summed E-state index contributed by atoms with van der Waals surface area (Å²) >= 11 is 0. The molecule has 4 heteroatoms. The van der Waals surface area contributed by atoms with Crippen molar-refractivity contribution in [1.29, 1.82) is 0 Å². The zero-order valence-electron chi connectivity index (χ0n) is 15.1. The Morgan fingerprint density at radius 1 is 1.12 bits per heavy atom. The molecule has 0 aliphatic heterocycles. The third-order valence-corrected chi connectivity index (χ3v) is 4.22. The Hall–Kier alpha value is -1.52. The number of carbonyl (C=O) groups excluding carboxylic acids is 2. The Balaban J connectivity index is 2.84. The molecule has 0 heterocycles. The van der Waals surface area contributed by atoms with Gasteiger partial charge in [-0.1, -0.05) is 51.1 Å². The lowest BCUT2D eigenvalue weighted by molar-refractivity contribution is -0.131. The predicted octanol–water partition coefficient (Wildman–Crippen LogP) is 2.91. The molecule has 0 aliphatic rings. The van der Waals surface area contributed by atoms with Crippen LogP contribution in [-0.4, -0.2) is 28.8 Å². The monoisotopic (exact) mass is 333 g/mol. The smallest absolute Gasteiger partial charge is 0.161 e. The molecule has 1 aromatic rings. The number of rotatable bonds is 11. The second-order valence-electron chi connectivity index (χ2n) is 7.02. The van der Waals surface area contributed by atoms with Crippen molar-refractivity contribution in [2.75, 3.05) is 0 Å². The van der Waals surface area contributed by atoms with Gasteiger partial charge < -0.3 is 10.8 Å². The van der Waals surface area contributed by atoms with Gasteiger partial charge in [0.05, 0.1) is 6.04 Å². The van der Waals surface area contributed by atoms with Crippen molar-refractivity contribution in [2.45, 2.75) is 65.0 Å². The predicted molar refractivity (Wildman–Crippen MR) is 96.6 cm³/mol. The molecule has 3 N–H and O–H groups in total. The van der Waals surface area contributed by atoms with Crippen molar-refractivity contribution in [1.82, 2.24) is 0 Å². The van der Waals surface area contributed by atoms with Gasteiger partial charge in [0, 0.05) is 18.8 Å². The lowest BCUT2D eigenvalue weighted by Gasteiger charge is -2.23. The highest BCUT2D eigenvalue weighted by Crippen LogP contribution is 2.20. The van der Waals surface area contributed by atoms with E-state index in [4.69, 9.17) is 5.73 Å². The van der Waals surface area contributed by atoms with Crippen molar-refractivity contribution in [2.24, 2.45) is 17.6 Å². The standard InChI is InChI=1S/C20H31NO3/c1-4-8-18(22)20(24)16(12-15-9-6-5-7-10-15)13-19(23)17(21)11-14(2)3/h5-7,9-10,14,16-17,20,24H,4,8,11-13,21H2,1-3H3/t16?,17-,20?/m0/s1. The van der Waals surface area contributed by atoms with E-state index in [1.807, 2.05) is 51.1 Å². The van der Waals surface area contributed by atoms with Gasteiger partial charge in [0.1, 0.15) is 11.9 Å². The zero-order valence-corrected chi connectivity index (χ0v) is 15.1. The lowest BCUT2D eigenvalue weighted by atomic mass is 9.84. The number of ketones is 2. The van der Waals surface area contributed by atoms with E-state index in [2.05, 4.69) is 0 Å². The van der Waals surface area contributed by atoms with Crippen molar-refractivity contribution in [3.8, 4) is 0 Å². The summed E-state index contributed by atoms with van der Waals surface area (Å²) in [6.45, 7) is 5.95. The Labute approximate surface area is 145 Å². The van der Waals surface area contributed by atoms with Gasteiger partial charge in [-0.3, -0.25) is 9.59 Å². The maximum absolute atomic E-state index is 12.4. The van der Waals surface area contributed by atoms with E-state index >= 15 is 0 Å². The first kappa shape index (κ1) is 20.5. The Morgan fingerprint density at radius 3 is 2.29 bits per heavy atom. The summed E-state index contributed by atoms with van der Waals surface area (Å²) in [7, 11) is 0. The maximum atomic E-state index is 12.4. The molecule has 1 aromatic carbocycles. The van der Waals surface area contributed by atoms with Gasteiger partial charge in [0.2, 0.25) is 0 Å². The Bertz CT molecular complexity index is 513. The summed E-state index contributed by atoms with van der Waals surface area (Å²) in [4.78, 5) is 24.5. The molecular formula is C20H31NO3. The molecule has 0 spiro atoms. The highest BCUT2D eigenvalue weighted by molar-refractivity contribution is 5.87. The number of nitrogens with two attached hydrogens (primary N) is 1. The van der Waals surface area contributed by atoms with Crippen LogP contribution in [0.3, 0.4) is 0 Å². The highest BCUT2D eigenvalue weighted by atomic mass is 16.3. The molecule has 0 saturated carbocycles. The third-order valence-electron chi connectivity index (χ3n) is 4.22. The van der Waals surface area contributed by atoms with Crippen LogP contribution in [0, 0.1) is 11.8 Å². The normalized spacial score (nSPS) is 15.1. The van der Waals surface area contributed by atoms with Crippen LogP contribution in [0.15, 0.2) is 30.3 Å². The fourth-order valence-corrected chi connectivity index (χ4v) is 2.92. The molecular weight excluding hydrogens is 302 g/mol. The number of carbonyl (C=O) groups is 2. The number of hydrogen-bond acceptors (Lipinski definition) is 4. The molecule has 0 fully saturated rings. The molecule has 24 heavy (non-hydrogen) atoms. The summed E-state index contributed by atoms with van der Waals surface area (Å²) in [6.07, 6.45) is 1.17. The quantitative estimate of drug-likeness (QED) is 0.652. The largest absolute Gasteiger partial charge is 0.385 e. The van der Waals surface area contributed by atoms with Gasteiger partial charge in [-0.15, -0.1) is 0 Å². The molecule has 0 radical (unpaired) electrons. The van der Waals surface area contributed by atoms with Crippen LogP contribution in [0.25, 0.3) is 0 Å². The number of aliphatic hydroxyl groups is 1. The van der Waals surface area contributed by atoms with Gasteiger partial charge in [-0.25, -0.2) is 0 Å². The van der Waals surface area contributed by atoms with E-state index in [-0.39, 0.29) is 18.0 Å². The fourth-order valence-electron chi connectivity index (χ4n) is 2.92. The van der Waals surface area contributed by atoms with E-state index in [1.165, 1.54) is 0 Å². The van der Waals surface area contributed by atoms with Crippen LogP contribution in [0.4, 0.5) is 0 Å². The minimum Gasteiger partial charge on any atom is -0.385 e. The fraction of sp³-hybridized carbons (Fsp3) is 0.600. The summed E-state index contributed by atoms with van der Waals surface area (Å²) < 4.78 is 0. The second-order valence-corrected chi connectivity index (χ2v) is 7.02. The Kier molecular flexibility index (Phi) is 8.87.